The molecule has 2 aromatic rings. The van der Waals surface area contributed by atoms with Gasteiger partial charge in [-0.25, -0.2) is 8.42 Å². The number of hydrogen-bond acceptors (Lipinski definition) is 4. The lowest BCUT2D eigenvalue weighted by atomic mass is 10.0. The number of nitrogens with one attached hydrogen (secondary N) is 1. The Kier molecular flexibility index (Phi) is 6.86. The highest BCUT2D eigenvalue weighted by molar-refractivity contribution is 7.89. The third-order valence-electron chi connectivity index (χ3n) is 6.61. The van der Waals surface area contributed by atoms with Gasteiger partial charge in [-0.15, -0.1) is 0 Å². The molecule has 176 valence electrons. The minimum Gasteiger partial charge on any atom is -0.326 e. The van der Waals surface area contributed by atoms with Crippen molar-refractivity contribution >= 4 is 33.2 Å². The van der Waals surface area contributed by atoms with Gasteiger partial charge in [-0.05, 0) is 62.6 Å². The van der Waals surface area contributed by atoms with E-state index >= 15 is 0 Å². The number of aryl methyl sites for hydroxylation is 1. The van der Waals surface area contributed by atoms with E-state index in [-0.39, 0.29) is 29.2 Å². The summed E-state index contributed by atoms with van der Waals surface area (Å²) >= 11 is 0. The van der Waals surface area contributed by atoms with Crippen molar-refractivity contribution in [1.29, 1.82) is 0 Å². The van der Waals surface area contributed by atoms with Gasteiger partial charge in [-0.1, -0.05) is 31.0 Å². The monoisotopic (exact) mass is 469 g/mol. The van der Waals surface area contributed by atoms with Crippen molar-refractivity contribution < 1.29 is 18.0 Å². The van der Waals surface area contributed by atoms with Gasteiger partial charge in [-0.2, -0.15) is 4.31 Å². The van der Waals surface area contributed by atoms with Crippen LogP contribution >= 0.6 is 0 Å². The van der Waals surface area contributed by atoms with Crippen molar-refractivity contribution in [1.82, 2.24) is 4.31 Å². The molecule has 0 bridgehead atoms. The largest absolute Gasteiger partial charge is 0.326 e. The molecule has 0 aliphatic carbocycles. The second kappa shape index (κ2) is 9.65. The topological polar surface area (TPSA) is 86.8 Å². The van der Waals surface area contributed by atoms with Crippen molar-refractivity contribution in [3.63, 3.8) is 0 Å². The van der Waals surface area contributed by atoms with Crippen LogP contribution in [0.5, 0.6) is 0 Å². The Bertz CT molecular complexity index is 1110. The first kappa shape index (κ1) is 23.4. The van der Waals surface area contributed by atoms with E-state index in [4.69, 9.17) is 0 Å². The molecule has 7 nitrogen and oxygen atoms in total. The lowest BCUT2D eigenvalue weighted by Gasteiger charge is -2.34. The fraction of sp³-hybridized carbons (Fsp3) is 0.440. The predicted octanol–water partition coefficient (Wildman–Crippen LogP) is 3.94. The molecule has 2 saturated heterocycles. The molecule has 2 aliphatic rings. The molecule has 0 saturated carbocycles. The van der Waals surface area contributed by atoms with Crippen LogP contribution in [0.1, 0.15) is 44.6 Å². The van der Waals surface area contributed by atoms with Gasteiger partial charge in [-0.3, -0.25) is 9.59 Å². The smallest absolute Gasteiger partial charge is 0.243 e. The Hall–Kier alpha value is -2.71. The zero-order valence-corrected chi connectivity index (χ0v) is 20.0. The zero-order valence-electron chi connectivity index (χ0n) is 19.2. The van der Waals surface area contributed by atoms with Crippen molar-refractivity contribution in [2.24, 2.45) is 5.92 Å². The number of sulfonamides is 1. The number of carbonyl (C=O) groups is 2. The minimum absolute atomic E-state index is 0.0412. The Balaban J connectivity index is 1.41. The second-order valence-corrected chi connectivity index (χ2v) is 10.8. The molecule has 0 aromatic heterocycles. The standard InChI is InChI=1S/C25H31N3O4S/c1-3-21-6-4-5-15-28(21)33(31,32)23-13-9-20(10-14-23)26-25(30)19-16-24(29)27(17-19)22-11-7-18(2)8-12-22/h7-14,19,21H,3-6,15-17H2,1-2H3,(H,26,30)/t19-,21+/m1/s1. The Labute approximate surface area is 195 Å². The van der Waals surface area contributed by atoms with Crippen LogP contribution in [0.25, 0.3) is 0 Å². The van der Waals surface area contributed by atoms with Crippen molar-refractivity contribution in [2.75, 3.05) is 23.3 Å². The average molecular weight is 470 g/mol. The van der Waals surface area contributed by atoms with E-state index in [0.29, 0.717) is 18.8 Å². The molecule has 2 aromatic carbocycles. The van der Waals surface area contributed by atoms with Crippen LogP contribution in [0, 0.1) is 12.8 Å². The number of rotatable bonds is 6. The van der Waals surface area contributed by atoms with Gasteiger partial charge < -0.3 is 10.2 Å². The molecule has 2 amide bonds. The van der Waals surface area contributed by atoms with E-state index in [1.807, 2.05) is 38.1 Å². The molecule has 2 atom stereocenters. The van der Waals surface area contributed by atoms with Crippen molar-refractivity contribution in [2.45, 2.75) is 56.9 Å². The molecule has 4 rings (SSSR count). The summed E-state index contributed by atoms with van der Waals surface area (Å²) in [6.45, 7) is 4.88. The van der Waals surface area contributed by atoms with E-state index in [1.165, 1.54) is 0 Å². The molecular formula is C25H31N3O4S. The van der Waals surface area contributed by atoms with Gasteiger partial charge in [0.1, 0.15) is 0 Å². The van der Waals surface area contributed by atoms with Crippen molar-refractivity contribution in [3.8, 4) is 0 Å². The lowest BCUT2D eigenvalue weighted by Crippen LogP contribution is -2.43. The molecule has 1 N–H and O–H groups in total. The first-order valence-corrected chi connectivity index (χ1v) is 13.0. The SMILES string of the molecule is CC[C@H]1CCCCN1S(=O)(=O)c1ccc(NC(=O)[C@@H]2CC(=O)N(c3ccc(C)cc3)C2)cc1. The number of nitrogens with zero attached hydrogens (tertiary/aromatic N) is 2. The van der Waals surface area contributed by atoms with E-state index in [1.54, 1.807) is 33.5 Å². The van der Waals surface area contributed by atoms with Gasteiger partial charge in [0.25, 0.3) is 0 Å². The van der Waals surface area contributed by atoms with Gasteiger partial charge in [0.15, 0.2) is 0 Å². The summed E-state index contributed by atoms with van der Waals surface area (Å²) in [5, 5.41) is 2.84. The highest BCUT2D eigenvalue weighted by atomic mass is 32.2. The molecule has 0 unspecified atom stereocenters. The maximum atomic E-state index is 13.1. The van der Waals surface area contributed by atoms with Gasteiger partial charge in [0, 0.05) is 36.9 Å². The van der Waals surface area contributed by atoms with E-state index in [2.05, 4.69) is 5.32 Å². The second-order valence-electron chi connectivity index (χ2n) is 8.93. The van der Waals surface area contributed by atoms with Crippen LogP contribution in [0.4, 0.5) is 11.4 Å². The van der Waals surface area contributed by atoms with Crippen molar-refractivity contribution in [3.05, 3.63) is 54.1 Å². The number of piperidine rings is 1. The lowest BCUT2D eigenvalue weighted by molar-refractivity contribution is -0.122. The van der Waals surface area contributed by atoms with E-state index in [0.717, 1.165) is 36.9 Å². The van der Waals surface area contributed by atoms with Crippen LogP contribution in [-0.4, -0.2) is 43.7 Å². The summed E-state index contributed by atoms with van der Waals surface area (Å²) in [4.78, 5) is 27.1. The molecule has 2 heterocycles. The normalized spacial score (nSPS) is 21.9. The number of hydrogen-bond donors (Lipinski definition) is 1. The van der Waals surface area contributed by atoms with Crippen LogP contribution < -0.4 is 10.2 Å². The Morgan fingerprint density at radius 2 is 1.76 bits per heavy atom. The molecule has 2 fully saturated rings. The van der Waals surface area contributed by atoms with Crippen LogP contribution in [-0.2, 0) is 19.6 Å². The van der Waals surface area contributed by atoms with Crippen LogP contribution in [0.3, 0.4) is 0 Å². The highest BCUT2D eigenvalue weighted by Gasteiger charge is 2.35. The quantitative estimate of drug-likeness (QED) is 0.694. The summed E-state index contributed by atoms with van der Waals surface area (Å²) in [6, 6.07) is 14.0. The summed E-state index contributed by atoms with van der Waals surface area (Å²) in [5.74, 6) is -0.774. The summed E-state index contributed by atoms with van der Waals surface area (Å²) in [6.07, 6.45) is 3.78. The maximum Gasteiger partial charge on any atom is 0.243 e. The molecular weight excluding hydrogens is 438 g/mol. The van der Waals surface area contributed by atoms with Crippen LogP contribution in [0.2, 0.25) is 0 Å². The molecule has 8 heteroatoms. The third kappa shape index (κ3) is 4.96. The summed E-state index contributed by atoms with van der Waals surface area (Å²) in [7, 11) is -3.56. The first-order valence-electron chi connectivity index (χ1n) is 11.6. The average Bonchev–Trinajstić information content (AvgIpc) is 3.21. The van der Waals surface area contributed by atoms with Gasteiger partial charge in [0.2, 0.25) is 21.8 Å². The summed E-state index contributed by atoms with van der Waals surface area (Å²) < 4.78 is 27.9. The highest BCUT2D eigenvalue weighted by Crippen LogP contribution is 2.29. The Morgan fingerprint density at radius 3 is 2.42 bits per heavy atom. The van der Waals surface area contributed by atoms with Crippen LogP contribution in [0.15, 0.2) is 53.4 Å². The van der Waals surface area contributed by atoms with E-state index in [9.17, 15) is 18.0 Å². The predicted molar refractivity (Wildman–Crippen MR) is 129 cm³/mol. The minimum atomic E-state index is -3.56. The first-order chi connectivity index (χ1) is 15.8. The molecule has 0 radical (unpaired) electrons. The van der Waals surface area contributed by atoms with Gasteiger partial charge >= 0.3 is 0 Å². The molecule has 2 aliphatic heterocycles. The fourth-order valence-corrected chi connectivity index (χ4v) is 6.41. The fourth-order valence-electron chi connectivity index (χ4n) is 4.65. The molecule has 33 heavy (non-hydrogen) atoms. The maximum absolute atomic E-state index is 13.1. The van der Waals surface area contributed by atoms with Gasteiger partial charge in [0.05, 0.1) is 10.8 Å². The zero-order chi connectivity index (χ0) is 23.6. The van der Waals surface area contributed by atoms with E-state index < -0.39 is 15.9 Å². The summed E-state index contributed by atoms with van der Waals surface area (Å²) in [5.41, 5.74) is 2.42. The molecule has 0 spiro atoms. The third-order valence-corrected chi connectivity index (χ3v) is 8.58. The number of benzene rings is 2. The number of carbonyl (C=O) groups excluding carboxylic acids is 2. The Morgan fingerprint density at radius 1 is 1.06 bits per heavy atom. The number of amides is 2. The number of anilines is 2.